The summed E-state index contributed by atoms with van der Waals surface area (Å²) in [7, 11) is 0. The third kappa shape index (κ3) is 4.92. The van der Waals surface area contributed by atoms with Crippen LogP contribution in [0.3, 0.4) is 0 Å². The van der Waals surface area contributed by atoms with Crippen molar-refractivity contribution in [1.29, 1.82) is 0 Å². The van der Waals surface area contributed by atoms with E-state index < -0.39 is 0 Å². The second kappa shape index (κ2) is 9.10. The zero-order valence-corrected chi connectivity index (χ0v) is 19.7. The van der Waals surface area contributed by atoms with E-state index in [1.165, 1.54) is 0 Å². The fraction of sp³-hybridized carbons (Fsp3) is 0.346. The van der Waals surface area contributed by atoms with E-state index >= 15 is 0 Å². The number of ether oxygens (including phenoxy) is 1. The molecule has 3 aromatic rings. The molecule has 0 saturated carbocycles. The van der Waals surface area contributed by atoms with Crippen LogP contribution in [-0.4, -0.2) is 35.0 Å². The molecule has 2 aromatic carbocycles. The molecule has 1 saturated heterocycles. The summed E-state index contributed by atoms with van der Waals surface area (Å²) in [6, 6.07) is 9.83. The Morgan fingerprint density at radius 3 is 2.42 bits per heavy atom. The third-order valence-corrected chi connectivity index (χ3v) is 5.84. The van der Waals surface area contributed by atoms with Gasteiger partial charge in [-0.1, -0.05) is 11.2 Å². The first-order valence-electron chi connectivity index (χ1n) is 11.1. The molecule has 1 aliphatic heterocycles. The fourth-order valence-electron chi connectivity index (χ4n) is 4.39. The second-order valence-corrected chi connectivity index (χ2v) is 8.74. The molecule has 7 nitrogen and oxygen atoms in total. The number of anilines is 1. The van der Waals surface area contributed by atoms with E-state index in [0.29, 0.717) is 18.7 Å². The molecule has 0 radical (unpaired) electrons. The quantitative estimate of drug-likeness (QED) is 0.559. The van der Waals surface area contributed by atoms with Gasteiger partial charge in [-0.15, -0.1) is 0 Å². The second-order valence-electron chi connectivity index (χ2n) is 8.74. The molecule has 2 heterocycles. The van der Waals surface area contributed by atoms with Gasteiger partial charge in [-0.3, -0.25) is 9.59 Å². The number of carbonyl (C=O) groups is 2. The molecule has 2 amide bonds. The van der Waals surface area contributed by atoms with Gasteiger partial charge in [0.2, 0.25) is 11.8 Å². The number of aryl methyl sites for hydroxylation is 5. The summed E-state index contributed by atoms with van der Waals surface area (Å²) in [5, 5.41) is 6.97. The summed E-state index contributed by atoms with van der Waals surface area (Å²) in [5.41, 5.74) is 6.38. The predicted molar refractivity (Wildman–Crippen MR) is 127 cm³/mol. The van der Waals surface area contributed by atoms with Crippen molar-refractivity contribution < 1.29 is 18.8 Å². The van der Waals surface area contributed by atoms with Crippen molar-refractivity contribution >= 4 is 17.5 Å². The Labute approximate surface area is 193 Å². The number of hydrogen-bond acceptors (Lipinski definition) is 5. The monoisotopic (exact) mass is 447 g/mol. The van der Waals surface area contributed by atoms with Gasteiger partial charge >= 0.3 is 0 Å². The highest BCUT2D eigenvalue weighted by Gasteiger charge is 2.22. The van der Waals surface area contributed by atoms with E-state index in [4.69, 9.17) is 9.26 Å². The van der Waals surface area contributed by atoms with Crippen LogP contribution >= 0.6 is 0 Å². The lowest BCUT2D eigenvalue weighted by atomic mass is 10.0. The summed E-state index contributed by atoms with van der Waals surface area (Å²) in [4.78, 5) is 25.8. The van der Waals surface area contributed by atoms with E-state index in [0.717, 1.165) is 57.2 Å². The number of nitrogens with zero attached hydrogens (tertiary/aromatic N) is 2. The first kappa shape index (κ1) is 22.6. The van der Waals surface area contributed by atoms with Crippen molar-refractivity contribution in [3.8, 4) is 22.6 Å². The SMILES string of the molecule is Cc1cc(Oc2c(C)cc(NC(=O)CN3CCCC3=O)cc2C)cc(-c2c(C)noc2C)c1. The molecule has 1 N–H and O–H groups in total. The van der Waals surface area contributed by atoms with Gasteiger partial charge < -0.3 is 19.5 Å². The number of likely N-dealkylation sites (tertiary alicyclic amines) is 1. The maximum atomic E-state index is 12.4. The van der Waals surface area contributed by atoms with Gasteiger partial charge in [0, 0.05) is 24.2 Å². The van der Waals surface area contributed by atoms with E-state index in [-0.39, 0.29) is 18.4 Å². The molecule has 1 aromatic heterocycles. The van der Waals surface area contributed by atoms with Gasteiger partial charge in [-0.2, -0.15) is 0 Å². The van der Waals surface area contributed by atoms with Crippen molar-refractivity contribution in [3.05, 3.63) is 58.5 Å². The lowest BCUT2D eigenvalue weighted by Crippen LogP contribution is -2.33. The predicted octanol–water partition coefficient (Wildman–Crippen LogP) is 5.24. The smallest absolute Gasteiger partial charge is 0.243 e. The average Bonchev–Trinajstić information content (AvgIpc) is 3.28. The Morgan fingerprint density at radius 1 is 1.09 bits per heavy atom. The standard InChI is InChI=1S/C26H29N3O4/c1-15-9-20(25-18(4)28-33-19(25)5)13-22(10-15)32-26-16(2)11-21(12-17(26)3)27-23(30)14-29-8-6-7-24(29)31/h9-13H,6-8,14H2,1-5H3,(H,27,30). The zero-order chi connectivity index (χ0) is 23.7. The normalized spacial score (nSPS) is 13.5. The van der Waals surface area contributed by atoms with Gasteiger partial charge in [0.05, 0.1) is 12.2 Å². The Hall–Kier alpha value is -3.61. The van der Waals surface area contributed by atoms with Crippen molar-refractivity contribution in [1.82, 2.24) is 10.1 Å². The molecular formula is C26H29N3O4. The molecule has 172 valence electrons. The average molecular weight is 448 g/mol. The molecule has 33 heavy (non-hydrogen) atoms. The van der Waals surface area contributed by atoms with Crippen LogP contribution in [0.1, 0.15) is 41.0 Å². The van der Waals surface area contributed by atoms with Crippen molar-refractivity contribution in [2.24, 2.45) is 0 Å². The van der Waals surface area contributed by atoms with Crippen LogP contribution in [0.25, 0.3) is 11.1 Å². The number of hydrogen-bond donors (Lipinski definition) is 1. The summed E-state index contributed by atoms with van der Waals surface area (Å²) < 4.78 is 11.6. The van der Waals surface area contributed by atoms with Crippen LogP contribution < -0.4 is 10.1 Å². The largest absolute Gasteiger partial charge is 0.457 e. The molecule has 1 aliphatic rings. The summed E-state index contributed by atoms with van der Waals surface area (Å²) in [6.45, 7) is 10.5. The number of rotatable bonds is 6. The van der Waals surface area contributed by atoms with Crippen LogP contribution in [-0.2, 0) is 9.59 Å². The summed E-state index contributed by atoms with van der Waals surface area (Å²) in [5.74, 6) is 2.08. The summed E-state index contributed by atoms with van der Waals surface area (Å²) in [6.07, 6.45) is 1.34. The topological polar surface area (TPSA) is 84.7 Å². The first-order valence-corrected chi connectivity index (χ1v) is 11.1. The molecule has 0 spiro atoms. The Morgan fingerprint density at radius 2 is 1.82 bits per heavy atom. The van der Waals surface area contributed by atoms with Gasteiger partial charge in [-0.25, -0.2) is 0 Å². The van der Waals surface area contributed by atoms with Crippen LogP contribution in [0.2, 0.25) is 0 Å². The minimum Gasteiger partial charge on any atom is -0.457 e. The van der Waals surface area contributed by atoms with Gasteiger partial charge in [-0.05, 0) is 87.6 Å². The number of amides is 2. The minimum absolute atomic E-state index is 0.0374. The first-order chi connectivity index (χ1) is 15.7. The molecule has 0 atom stereocenters. The molecule has 0 bridgehead atoms. The van der Waals surface area contributed by atoms with Crippen molar-refractivity contribution in [3.63, 3.8) is 0 Å². The maximum absolute atomic E-state index is 12.4. The van der Waals surface area contributed by atoms with Crippen LogP contribution in [0.5, 0.6) is 11.5 Å². The number of nitrogens with one attached hydrogen (secondary N) is 1. The lowest BCUT2D eigenvalue weighted by Gasteiger charge is -2.17. The molecule has 0 aliphatic carbocycles. The molecular weight excluding hydrogens is 418 g/mol. The maximum Gasteiger partial charge on any atom is 0.243 e. The van der Waals surface area contributed by atoms with E-state index in [1.54, 1.807) is 4.90 Å². The fourth-order valence-corrected chi connectivity index (χ4v) is 4.39. The van der Waals surface area contributed by atoms with Crippen molar-refractivity contribution in [2.75, 3.05) is 18.4 Å². The molecule has 0 unspecified atom stereocenters. The highest BCUT2D eigenvalue weighted by atomic mass is 16.5. The molecule has 1 fully saturated rings. The van der Waals surface area contributed by atoms with Gasteiger partial charge in [0.25, 0.3) is 0 Å². The molecule has 7 heteroatoms. The Kier molecular flexibility index (Phi) is 6.22. The van der Waals surface area contributed by atoms with E-state index in [1.807, 2.05) is 58.9 Å². The minimum atomic E-state index is -0.194. The zero-order valence-electron chi connectivity index (χ0n) is 19.7. The number of carbonyl (C=O) groups excluding carboxylic acids is 2. The van der Waals surface area contributed by atoms with E-state index in [2.05, 4.69) is 16.5 Å². The van der Waals surface area contributed by atoms with Gasteiger partial charge in [0.1, 0.15) is 17.3 Å². The number of aromatic nitrogens is 1. The third-order valence-electron chi connectivity index (χ3n) is 5.84. The van der Waals surface area contributed by atoms with Crippen LogP contribution in [0.4, 0.5) is 5.69 Å². The number of benzene rings is 2. The van der Waals surface area contributed by atoms with Crippen LogP contribution in [0.15, 0.2) is 34.9 Å². The van der Waals surface area contributed by atoms with Gasteiger partial charge in [0.15, 0.2) is 0 Å². The van der Waals surface area contributed by atoms with Crippen molar-refractivity contribution in [2.45, 2.75) is 47.5 Å². The lowest BCUT2D eigenvalue weighted by molar-refractivity contribution is -0.131. The van der Waals surface area contributed by atoms with Crippen LogP contribution in [0, 0.1) is 34.6 Å². The highest BCUT2D eigenvalue weighted by molar-refractivity contribution is 5.95. The molecule has 4 rings (SSSR count). The Balaban J connectivity index is 1.53. The highest BCUT2D eigenvalue weighted by Crippen LogP contribution is 2.35. The Bertz CT molecular complexity index is 1190. The van der Waals surface area contributed by atoms with E-state index in [9.17, 15) is 9.59 Å². The summed E-state index contributed by atoms with van der Waals surface area (Å²) >= 11 is 0.